The number of nitrogen functional groups attached to an aromatic ring is 1. The number of carbonyl (C=O) groups is 1. The Hall–Kier alpha value is -2.56. The lowest BCUT2D eigenvalue weighted by Gasteiger charge is -2.05. The number of aromatic nitrogens is 5. The third kappa shape index (κ3) is 4.00. The summed E-state index contributed by atoms with van der Waals surface area (Å²) in [6.45, 7) is 3.49. The van der Waals surface area contributed by atoms with Crippen molar-refractivity contribution in [2.45, 2.75) is 25.5 Å². The molecule has 10 nitrogen and oxygen atoms in total. The molecule has 3 N–H and O–H groups in total. The number of carbonyl (C=O) groups excluding carboxylic acids is 1. The molecule has 11 heteroatoms. The number of aryl methyl sites for hydroxylation is 1. The van der Waals surface area contributed by atoms with E-state index in [1.807, 2.05) is 0 Å². The fourth-order valence-corrected chi connectivity index (χ4v) is 2.44. The van der Waals surface area contributed by atoms with Gasteiger partial charge < -0.3 is 15.6 Å². The second kappa shape index (κ2) is 7.13. The number of esters is 1. The number of hydrogen-bond donors (Lipinski definition) is 2. The summed E-state index contributed by atoms with van der Waals surface area (Å²) in [5.74, 6) is 5.69. The van der Waals surface area contributed by atoms with Gasteiger partial charge in [-0.15, -0.1) is 10.2 Å². The van der Waals surface area contributed by atoms with Crippen molar-refractivity contribution in [2.75, 3.05) is 18.2 Å². The molecule has 2 heterocycles. The van der Waals surface area contributed by atoms with Crippen LogP contribution in [0.2, 0.25) is 0 Å². The van der Waals surface area contributed by atoms with E-state index in [1.54, 1.807) is 13.8 Å². The zero-order chi connectivity index (χ0) is 17.0. The lowest BCUT2D eigenvalue weighted by Crippen LogP contribution is -2.36. The Bertz CT molecular complexity index is 792. The van der Waals surface area contributed by atoms with Crippen LogP contribution in [0.4, 0.5) is 0 Å². The largest absolute Gasteiger partial charge is 0.465 e. The molecule has 0 spiro atoms. The minimum absolute atomic E-state index is 0.0359. The Morgan fingerprint density at radius 2 is 2.17 bits per heavy atom. The number of nitrogens with zero attached hydrogens (tertiary/aromatic N) is 4. The fraction of sp³-hybridized carbons (Fsp3) is 0.417. The van der Waals surface area contributed by atoms with Crippen LogP contribution < -0.4 is 17.1 Å². The monoisotopic (exact) mass is 340 g/mol. The van der Waals surface area contributed by atoms with E-state index in [9.17, 15) is 14.4 Å². The van der Waals surface area contributed by atoms with Gasteiger partial charge in [-0.25, -0.2) is 9.47 Å². The smallest absolute Gasteiger partial charge is 0.328 e. The van der Waals surface area contributed by atoms with E-state index in [0.29, 0.717) is 12.3 Å². The SMILES string of the molecule is CCOC(=O)CSc1nnc(Cn2c(=O)cc(C)[nH]c2=O)n1N. The summed E-state index contributed by atoms with van der Waals surface area (Å²) < 4.78 is 6.89. The zero-order valence-corrected chi connectivity index (χ0v) is 13.4. The standard InChI is InChI=1S/C12H16N6O4S/c1-3-22-10(20)6-23-12-16-15-8(18(12)13)5-17-9(19)4-7(2)14-11(17)21/h4H,3,5-6,13H2,1-2H3,(H,14,21). The van der Waals surface area contributed by atoms with E-state index in [2.05, 4.69) is 15.2 Å². The quantitative estimate of drug-likeness (QED) is 0.382. The van der Waals surface area contributed by atoms with Crippen LogP contribution in [0.1, 0.15) is 18.4 Å². The van der Waals surface area contributed by atoms with Gasteiger partial charge in [0, 0.05) is 11.8 Å². The van der Waals surface area contributed by atoms with Gasteiger partial charge in [0.05, 0.1) is 18.9 Å². The molecule has 0 saturated carbocycles. The highest BCUT2D eigenvalue weighted by atomic mass is 32.2. The van der Waals surface area contributed by atoms with Gasteiger partial charge in [-0.2, -0.15) is 0 Å². The van der Waals surface area contributed by atoms with Gasteiger partial charge in [0.1, 0.15) is 0 Å². The maximum absolute atomic E-state index is 11.8. The number of ether oxygens (including phenoxy) is 1. The maximum atomic E-state index is 11.8. The Morgan fingerprint density at radius 1 is 1.43 bits per heavy atom. The Balaban J connectivity index is 2.16. The van der Waals surface area contributed by atoms with Crippen LogP contribution in [0.3, 0.4) is 0 Å². The third-order valence-corrected chi connectivity index (χ3v) is 3.73. The highest BCUT2D eigenvalue weighted by molar-refractivity contribution is 7.99. The molecule has 0 aliphatic heterocycles. The van der Waals surface area contributed by atoms with Gasteiger partial charge >= 0.3 is 11.7 Å². The molecule has 0 bridgehead atoms. The topological polar surface area (TPSA) is 138 Å². The first-order chi connectivity index (χ1) is 10.9. The number of H-pyrrole nitrogens is 1. The number of nitrogens with two attached hydrogens (primary N) is 1. The van der Waals surface area contributed by atoms with Crippen LogP contribution in [0.25, 0.3) is 0 Å². The highest BCUT2D eigenvalue weighted by Crippen LogP contribution is 2.14. The Labute approximate surface area is 134 Å². The average molecular weight is 340 g/mol. The van der Waals surface area contributed by atoms with Gasteiger partial charge in [-0.3, -0.25) is 14.2 Å². The number of hydrogen-bond acceptors (Lipinski definition) is 8. The van der Waals surface area contributed by atoms with Gasteiger partial charge in [-0.1, -0.05) is 11.8 Å². The number of nitrogens with one attached hydrogen (secondary N) is 1. The molecule has 0 aromatic carbocycles. The second-order valence-corrected chi connectivity index (χ2v) is 5.49. The van der Waals surface area contributed by atoms with Crippen LogP contribution in [-0.2, 0) is 16.1 Å². The molecule has 0 aliphatic carbocycles. The molecule has 23 heavy (non-hydrogen) atoms. The summed E-state index contributed by atoms with van der Waals surface area (Å²) >= 11 is 1.05. The molecule has 2 aromatic heterocycles. The van der Waals surface area contributed by atoms with Crippen molar-refractivity contribution < 1.29 is 9.53 Å². The molecule has 0 radical (unpaired) electrons. The molecule has 0 aliphatic rings. The molecule has 2 aromatic rings. The van der Waals surface area contributed by atoms with E-state index in [4.69, 9.17) is 10.6 Å². The summed E-state index contributed by atoms with van der Waals surface area (Å²) in [6, 6.07) is 1.30. The molecular weight excluding hydrogens is 324 g/mol. The van der Waals surface area contributed by atoms with Gasteiger partial charge in [0.15, 0.2) is 5.82 Å². The molecule has 0 fully saturated rings. The molecule has 0 unspecified atom stereocenters. The lowest BCUT2D eigenvalue weighted by molar-refractivity contribution is -0.139. The van der Waals surface area contributed by atoms with E-state index in [-0.39, 0.29) is 23.3 Å². The molecule has 124 valence electrons. The number of thioether (sulfide) groups is 1. The van der Waals surface area contributed by atoms with Crippen LogP contribution >= 0.6 is 11.8 Å². The highest BCUT2D eigenvalue weighted by Gasteiger charge is 2.14. The van der Waals surface area contributed by atoms with Crippen molar-refractivity contribution in [1.82, 2.24) is 24.4 Å². The number of aromatic amines is 1. The predicted molar refractivity (Wildman–Crippen MR) is 82.7 cm³/mol. The normalized spacial score (nSPS) is 10.7. The Morgan fingerprint density at radius 3 is 2.83 bits per heavy atom. The first kappa shape index (κ1) is 16.8. The second-order valence-electron chi connectivity index (χ2n) is 4.54. The van der Waals surface area contributed by atoms with E-state index in [1.165, 1.54) is 6.07 Å². The van der Waals surface area contributed by atoms with Crippen LogP contribution in [-0.4, -0.2) is 42.8 Å². The average Bonchev–Trinajstić information content (AvgIpc) is 2.81. The summed E-state index contributed by atoms with van der Waals surface area (Å²) in [6.07, 6.45) is 0. The molecular formula is C12H16N6O4S. The molecule has 0 atom stereocenters. The van der Waals surface area contributed by atoms with Crippen molar-refractivity contribution in [3.63, 3.8) is 0 Å². The van der Waals surface area contributed by atoms with Crippen molar-refractivity contribution in [3.05, 3.63) is 38.4 Å². The first-order valence-corrected chi connectivity index (χ1v) is 7.69. The van der Waals surface area contributed by atoms with Crippen LogP contribution in [0.15, 0.2) is 20.8 Å². The predicted octanol–water partition coefficient (Wildman–Crippen LogP) is -1.15. The summed E-state index contributed by atoms with van der Waals surface area (Å²) in [5, 5.41) is 7.96. The minimum atomic E-state index is -0.557. The van der Waals surface area contributed by atoms with Crippen molar-refractivity contribution in [3.8, 4) is 0 Å². The van der Waals surface area contributed by atoms with Crippen LogP contribution in [0, 0.1) is 6.92 Å². The summed E-state index contributed by atoms with van der Waals surface area (Å²) in [4.78, 5) is 37.5. The fourth-order valence-electron chi connectivity index (χ4n) is 1.77. The molecule has 2 rings (SSSR count). The first-order valence-electron chi connectivity index (χ1n) is 6.71. The summed E-state index contributed by atoms with van der Waals surface area (Å²) in [5.41, 5.74) is -0.551. The van der Waals surface area contributed by atoms with Gasteiger partial charge in [-0.05, 0) is 13.8 Å². The van der Waals surface area contributed by atoms with E-state index in [0.717, 1.165) is 21.0 Å². The zero-order valence-electron chi connectivity index (χ0n) is 12.6. The van der Waals surface area contributed by atoms with Gasteiger partial charge in [0.2, 0.25) is 5.16 Å². The number of rotatable bonds is 6. The minimum Gasteiger partial charge on any atom is -0.465 e. The van der Waals surface area contributed by atoms with Crippen LogP contribution in [0.5, 0.6) is 0 Å². The lowest BCUT2D eigenvalue weighted by atomic mass is 10.4. The maximum Gasteiger partial charge on any atom is 0.328 e. The van der Waals surface area contributed by atoms with Crippen molar-refractivity contribution >= 4 is 17.7 Å². The van der Waals surface area contributed by atoms with Crippen molar-refractivity contribution in [2.24, 2.45) is 0 Å². The van der Waals surface area contributed by atoms with E-state index >= 15 is 0 Å². The van der Waals surface area contributed by atoms with E-state index < -0.39 is 17.2 Å². The molecule has 0 saturated heterocycles. The third-order valence-electron chi connectivity index (χ3n) is 2.81. The molecule has 0 amide bonds. The van der Waals surface area contributed by atoms with Gasteiger partial charge in [0.25, 0.3) is 5.56 Å². The summed E-state index contributed by atoms with van der Waals surface area (Å²) in [7, 11) is 0. The van der Waals surface area contributed by atoms with Crippen molar-refractivity contribution in [1.29, 1.82) is 0 Å². The Kier molecular flexibility index (Phi) is 5.21.